The van der Waals surface area contributed by atoms with Gasteiger partial charge in [0, 0.05) is 0 Å². The van der Waals surface area contributed by atoms with Crippen molar-refractivity contribution in [1.29, 1.82) is 0 Å². The van der Waals surface area contributed by atoms with E-state index in [2.05, 4.69) is 43.5 Å². The fraction of sp³-hybridized carbons (Fsp3) is 0. The van der Waals surface area contributed by atoms with E-state index in [1.807, 2.05) is 18.2 Å². The van der Waals surface area contributed by atoms with Crippen molar-refractivity contribution in [3.63, 3.8) is 0 Å². The molecule has 0 N–H and O–H groups in total. The van der Waals surface area contributed by atoms with Gasteiger partial charge < -0.3 is 0 Å². The molecule has 1 nitrogen and oxygen atoms in total. The molecule has 0 fully saturated rings. The smallest absolute Gasteiger partial charge is 0.107 e. The Balaban J connectivity index is 3.08. The maximum atomic E-state index is 4.08. The van der Waals surface area contributed by atoms with E-state index in [0.29, 0.717) is 0 Å². The summed E-state index contributed by atoms with van der Waals surface area (Å²) in [4.78, 5) is 4.08. The highest BCUT2D eigenvalue weighted by Crippen LogP contribution is 2.06. The Labute approximate surface area is 69.8 Å². The second-order valence-electron chi connectivity index (χ2n) is 1.28. The fourth-order valence-electron chi connectivity index (χ4n) is 0.383. The van der Waals surface area contributed by atoms with Gasteiger partial charge in [0.2, 0.25) is 0 Å². The lowest BCUT2D eigenvalue weighted by Crippen LogP contribution is -1.76. The summed E-state index contributed by atoms with van der Waals surface area (Å²) in [6.07, 6.45) is 0. The molecule has 0 saturated heterocycles. The SMILES string of the molecule is Brc1cccc(I)n1. The van der Waals surface area contributed by atoms with Gasteiger partial charge in [-0.2, -0.15) is 0 Å². The third-order valence-electron chi connectivity index (χ3n) is 0.681. The second-order valence-corrected chi connectivity index (χ2v) is 3.20. The van der Waals surface area contributed by atoms with Crippen molar-refractivity contribution in [2.24, 2.45) is 0 Å². The van der Waals surface area contributed by atoms with E-state index < -0.39 is 0 Å². The zero-order valence-corrected chi connectivity index (χ0v) is 7.68. The normalized spacial score (nSPS) is 9.25. The van der Waals surface area contributed by atoms with Gasteiger partial charge in [0.1, 0.15) is 8.30 Å². The van der Waals surface area contributed by atoms with Gasteiger partial charge >= 0.3 is 0 Å². The summed E-state index contributed by atoms with van der Waals surface area (Å²) in [6.45, 7) is 0. The first-order chi connectivity index (χ1) is 3.79. The zero-order chi connectivity index (χ0) is 5.98. The monoisotopic (exact) mass is 283 g/mol. The van der Waals surface area contributed by atoms with E-state index in [4.69, 9.17) is 0 Å². The molecule has 0 aliphatic carbocycles. The molecule has 1 rings (SSSR count). The maximum absolute atomic E-state index is 4.08. The fourth-order valence-corrected chi connectivity index (χ4v) is 1.53. The minimum atomic E-state index is 0.893. The summed E-state index contributed by atoms with van der Waals surface area (Å²) in [7, 11) is 0. The van der Waals surface area contributed by atoms with Gasteiger partial charge in [0.15, 0.2) is 0 Å². The molecule has 0 spiro atoms. The number of nitrogens with zero attached hydrogens (tertiary/aromatic N) is 1. The number of hydrogen-bond acceptors (Lipinski definition) is 1. The topological polar surface area (TPSA) is 12.9 Å². The summed E-state index contributed by atoms with van der Waals surface area (Å²) >= 11 is 5.41. The second kappa shape index (κ2) is 2.77. The van der Waals surface area contributed by atoms with E-state index >= 15 is 0 Å². The van der Waals surface area contributed by atoms with Gasteiger partial charge in [-0.1, -0.05) is 6.07 Å². The number of rotatable bonds is 0. The molecule has 0 aliphatic heterocycles. The third-order valence-corrected chi connectivity index (χ3v) is 1.72. The van der Waals surface area contributed by atoms with Gasteiger partial charge in [0.25, 0.3) is 0 Å². The highest BCUT2D eigenvalue weighted by atomic mass is 127. The zero-order valence-electron chi connectivity index (χ0n) is 3.94. The van der Waals surface area contributed by atoms with Crippen LogP contribution in [0.5, 0.6) is 0 Å². The lowest BCUT2D eigenvalue weighted by molar-refractivity contribution is 1.23. The van der Waals surface area contributed by atoms with Gasteiger partial charge in [0.05, 0.1) is 0 Å². The molecule has 0 atom stereocenters. The lowest BCUT2D eigenvalue weighted by atomic mass is 10.5. The Morgan fingerprint density at radius 3 is 2.62 bits per heavy atom. The molecule has 0 bridgehead atoms. The van der Waals surface area contributed by atoms with Crippen LogP contribution >= 0.6 is 38.5 Å². The van der Waals surface area contributed by atoms with Gasteiger partial charge in [-0.25, -0.2) is 4.98 Å². The molecule has 1 aromatic heterocycles. The van der Waals surface area contributed by atoms with Crippen LogP contribution in [0.3, 0.4) is 0 Å². The Morgan fingerprint density at radius 2 is 2.25 bits per heavy atom. The van der Waals surface area contributed by atoms with Crippen molar-refractivity contribution in [3.8, 4) is 0 Å². The predicted octanol–water partition coefficient (Wildman–Crippen LogP) is 2.45. The summed E-state index contributed by atoms with van der Waals surface area (Å²) in [5.41, 5.74) is 0. The van der Waals surface area contributed by atoms with Crippen LogP contribution in [-0.2, 0) is 0 Å². The van der Waals surface area contributed by atoms with E-state index in [9.17, 15) is 0 Å². The van der Waals surface area contributed by atoms with E-state index in [1.165, 1.54) is 0 Å². The molecule has 0 saturated carbocycles. The Bertz CT molecular complexity index is 172. The van der Waals surface area contributed by atoms with Crippen LogP contribution in [0.15, 0.2) is 22.8 Å². The quantitative estimate of drug-likeness (QED) is 0.526. The van der Waals surface area contributed by atoms with Crippen molar-refractivity contribution in [2.45, 2.75) is 0 Å². The number of hydrogen-bond donors (Lipinski definition) is 0. The largest absolute Gasteiger partial charge is 0.235 e. The van der Waals surface area contributed by atoms with E-state index in [-0.39, 0.29) is 0 Å². The first-order valence-corrected chi connectivity index (χ1v) is 3.94. The van der Waals surface area contributed by atoms with Gasteiger partial charge in [-0.15, -0.1) is 0 Å². The summed E-state index contributed by atoms with van der Waals surface area (Å²) in [5, 5.41) is 0. The Kier molecular flexibility index (Phi) is 2.25. The highest BCUT2D eigenvalue weighted by Gasteiger charge is 1.85. The van der Waals surface area contributed by atoms with Crippen LogP contribution < -0.4 is 0 Å². The summed E-state index contributed by atoms with van der Waals surface area (Å²) < 4.78 is 1.90. The molecule has 0 amide bonds. The molecule has 0 aromatic carbocycles. The summed E-state index contributed by atoms with van der Waals surface area (Å²) in [5.74, 6) is 0. The molecular formula is C5H3BrIN. The highest BCUT2D eigenvalue weighted by molar-refractivity contribution is 14.1. The average Bonchev–Trinajstić information content (AvgIpc) is 1.64. The Morgan fingerprint density at radius 1 is 1.50 bits per heavy atom. The van der Waals surface area contributed by atoms with Crippen LogP contribution in [-0.4, -0.2) is 4.98 Å². The van der Waals surface area contributed by atoms with Crippen LogP contribution in [0.25, 0.3) is 0 Å². The van der Waals surface area contributed by atoms with Crippen LogP contribution in [0, 0.1) is 3.70 Å². The average molecular weight is 284 g/mol. The van der Waals surface area contributed by atoms with Crippen molar-refractivity contribution in [1.82, 2.24) is 4.98 Å². The molecule has 0 unspecified atom stereocenters. The first kappa shape index (κ1) is 6.48. The van der Waals surface area contributed by atoms with Gasteiger partial charge in [-0.05, 0) is 50.7 Å². The molecule has 1 heterocycles. The predicted molar refractivity (Wildman–Crippen MR) is 44.7 cm³/mol. The van der Waals surface area contributed by atoms with Crippen molar-refractivity contribution in [3.05, 3.63) is 26.5 Å². The minimum absolute atomic E-state index is 0.893. The molecule has 3 heteroatoms. The Hall–Kier alpha value is 0.360. The van der Waals surface area contributed by atoms with Crippen molar-refractivity contribution >= 4 is 38.5 Å². The molecule has 1 aromatic rings. The van der Waals surface area contributed by atoms with Crippen LogP contribution in [0.2, 0.25) is 0 Å². The number of halogens is 2. The van der Waals surface area contributed by atoms with Crippen LogP contribution in [0.1, 0.15) is 0 Å². The van der Waals surface area contributed by atoms with Crippen molar-refractivity contribution in [2.75, 3.05) is 0 Å². The maximum Gasteiger partial charge on any atom is 0.107 e. The number of aromatic nitrogens is 1. The molecule has 42 valence electrons. The molecule has 0 radical (unpaired) electrons. The van der Waals surface area contributed by atoms with E-state index in [0.717, 1.165) is 8.30 Å². The molecular weight excluding hydrogens is 281 g/mol. The van der Waals surface area contributed by atoms with Crippen LogP contribution in [0.4, 0.5) is 0 Å². The molecule has 8 heavy (non-hydrogen) atoms. The first-order valence-electron chi connectivity index (χ1n) is 2.07. The summed E-state index contributed by atoms with van der Waals surface area (Å²) in [6, 6.07) is 5.81. The van der Waals surface area contributed by atoms with Gasteiger partial charge in [-0.3, -0.25) is 0 Å². The molecule has 0 aliphatic rings. The lowest BCUT2D eigenvalue weighted by Gasteiger charge is -1.86. The minimum Gasteiger partial charge on any atom is -0.235 e. The number of pyridine rings is 1. The van der Waals surface area contributed by atoms with Crippen molar-refractivity contribution < 1.29 is 0 Å². The van der Waals surface area contributed by atoms with E-state index in [1.54, 1.807) is 0 Å². The third kappa shape index (κ3) is 1.70. The standard InChI is InChI=1S/C5H3BrIN/c6-4-2-1-3-5(7)8-4/h1-3H.